The van der Waals surface area contributed by atoms with Crippen LogP contribution in [-0.2, 0) is 13.1 Å². The zero-order valence-electron chi connectivity index (χ0n) is 11.7. The summed E-state index contributed by atoms with van der Waals surface area (Å²) in [4.78, 5) is 2.57. The van der Waals surface area contributed by atoms with Crippen LogP contribution in [0.1, 0.15) is 37.4 Å². The van der Waals surface area contributed by atoms with Gasteiger partial charge in [-0.1, -0.05) is 19.4 Å². The van der Waals surface area contributed by atoms with Crippen molar-refractivity contribution in [2.75, 3.05) is 13.1 Å². The van der Waals surface area contributed by atoms with E-state index in [0.29, 0.717) is 0 Å². The molecule has 0 spiro atoms. The second kappa shape index (κ2) is 6.19. The molecule has 0 amide bonds. The Balaban J connectivity index is 1.91. The summed E-state index contributed by atoms with van der Waals surface area (Å²) >= 11 is 0. The van der Waals surface area contributed by atoms with E-state index in [1.807, 2.05) is 10.8 Å². The van der Waals surface area contributed by atoms with Gasteiger partial charge in [0.05, 0.1) is 12.2 Å². The van der Waals surface area contributed by atoms with Crippen LogP contribution in [0.2, 0.25) is 0 Å². The van der Waals surface area contributed by atoms with E-state index in [4.69, 9.17) is 0 Å². The van der Waals surface area contributed by atoms with Crippen molar-refractivity contribution >= 4 is 0 Å². The van der Waals surface area contributed by atoms with Crippen LogP contribution in [0.25, 0.3) is 0 Å². The summed E-state index contributed by atoms with van der Waals surface area (Å²) in [5.74, 6) is 0.915. The molecule has 3 heteroatoms. The van der Waals surface area contributed by atoms with Crippen LogP contribution in [0.5, 0.6) is 0 Å². The third kappa shape index (κ3) is 3.22. The van der Waals surface area contributed by atoms with Gasteiger partial charge in [-0.25, -0.2) is 0 Å². The maximum absolute atomic E-state index is 4.52. The average Bonchev–Trinajstić information content (AvgIpc) is 2.89. The van der Waals surface area contributed by atoms with Gasteiger partial charge in [0.2, 0.25) is 0 Å². The number of rotatable bonds is 6. The highest BCUT2D eigenvalue weighted by atomic mass is 15.3. The highest BCUT2D eigenvalue weighted by molar-refractivity contribution is 5.15. The number of hydrogen-bond acceptors (Lipinski definition) is 2. The highest BCUT2D eigenvalue weighted by Crippen LogP contribution is 2.23. The lowest BCUT2D eigenvalue weighted by Crippen LogP contribution is -2.20. The lowest BCUT2D eigenvalue weighted by atomic mass is 10.0. The lowest BCUT2D eigenvalue weighted by Gasteiger charge is -2.15. The molecule has 1 aliphatic rings. The quantitative estimate of drug-likeness (QED) is 0.721. The number of aryl methyl sites for hydroxylation is 1. The van der Waals surface area contributed by atoms with Crippen LogP contribution in [-0.4, -0.2) is 27.8 Å². The smallest absolute Gasteiger partial charge is 0.0638 e. The number of nitrogens with zero attached hydrogens (tertiary/aromatic N) is 3. The lowest BCUT2D eigenvalue weighted by molar-refractivity contribution is 0.312. The molecule has 1 saturated heterocycles. The van der Waals surface area contributed by atoms with E-state index in [9.17, 15) is 0 Å². The van der Waals surface area contributed by atoms with Gasteiger partial charge >= 0.3 is 0 Å². The first-order valence-corrected chi connectivity index (χ1v) is 7.09. The summed E-state index contributed by atoms with van der Waals surface area (Å²) < 4.78 is 1.98. The molecule has 2 rings (SSSR count). The number of likely N-dealkylation sites (tertiary alicyclic amines) is 1. The minimum Gasteiger partial charge on any atom is -0.299 e. The molecule has 100 valence electrons. The van der Waals surface area contributed by atoms with Crippen LogP contribution >= 0.6 is 0 Å². The number of aromatic nitrogens is 2. The Labute approximate surface area is 110 Å². The molecule has 0 saturated carbocycles. The fraction of sp³-hybridized carbons (Fsp3) is 0.667. The first kappa shape index (κ1) is 13.3. The Morgan fingerprint density at radius 3 is 3.11 bits per heavy atom. The molecule has 1 atom stereocenters. The van der Waals surface area contributed by atoms with Gasteiger partial charge < -0.3 is 0 Å². The van der Waals surface area contributed by atoms with Crippen molar-refractivity contribution < 1.29 is 0 Å². The van der Waals surface area contributed by atoms with Crippen molar-refractivity contribution in [2.24, 2.45) is 5.92 Å². The monoisotopic (exact) mass is 247 g/mol. The zero-order chi connectivity index (χ0) is 13.0. The molecule has 1 fully saturated rings. The van der Waals surface area contributed by atoms with Crippen molar-refractivity contribution in [1.29, 1.82) is 0 Å². The standard InChI is InChI=1S/C15H25N3/c1-4-6-14-7-9-17(10-14)11-15-12-18(8-5-2)16-13(15)3/h5,12,14H,2,4,6-11H2,1,3H3/t14-/m1/s1. The maximum Gasteiger partial charge on any atom is 0.0638 e. The molecule has 3 nitrogen and oxygen atoms in total. The van der Waals surface area contributed by atoms with E-state index < -0.39 is 0 Å². The fourth-order valence-electron chi connectivity index (χ4n) is 2.88. The largest absolute Gasteiger partial charge is 0.299 e. The van der Waals surface area contributed by atoms with Crippen LogP contribution in [0, 0.1) is 12.8 Å². The second-order valence-corrected chi connectivity index (χ2v) is 5.43. The molecule has 2 heterocycles. The SMILES string of the molecule is C=CCn1cc(CN2CC[C@@H](CCC)C2)c(C)n1. The maximum atomic E-state index is 4.52. The minimum atomic E-state index is 0.805. The van der Waals surface area contributed by atoms with E-state index in [-0.39, 0.29) is 0 Å². The minimum absolute atomic E-state index is 0.805. The molecule has 0 aromatic carbocycles. The predicted octanol–water partition coefficient (Wildman–Crippen LogP) is 3.00. The van der Waals surface area contributed by atoms with Gasteiger partial charge in [0.1, 0.15) is 0 Å². The van der Waals surface area contributed by atoms with Crippen LogP contribution in [0.3, 0.4) is 0 Å². The molecule has 0 aliphatic carbocycles. The number of hydrogen-bond donors (Lipinski definition) is 0. The Bertz CT molecular complexity index is 394. The van der Waals surface area contributed by atoms with E-state index in [2.05, 4.69) is 36.6 Å². The molecule has 1 aromatic heterocycles. The third-order valence-corrected chi connectivity index (χ3v) is 3.83. The Morgan fingerprint density at radius 1 is 1.56 bits per heavy atom. The predicted molar refractivity (Wildman–Crippen MR) is 75.5 cm³/mol. The molecule has 1 aromatic rings. The van der Waals surface area contributed by atoms with E-state index in [1.54, 1.807) is 0 Å². The average molecular weight is 247 g/mol. The summed E-state index contributed by atoms with van der Waals surface area (Å²) in [6.07, 6.45) is 8.13. The first-order valence-electron chi connectivity index (χ1n) is 7.09. The van der Waals surface area contributed by atoms with Crippen molar-refractivity contribution in [2.45, 2.75) is 46.2 Å². The third-order valence-electron chi connectivity index (χ3n) is 3.83. The summed E-state index contributed by atoms with van der Waals surface area (Å²) in [5, 5.41) is 4.52. The van der Waals surface area contributed by atoms with E-state index >= 15 is 0 Å². The van der Waals surface area contributed by atoms with Gasteiger partial charge in [0.25, 0.3) is 0 Å². The molecule has 18 heavy (non-hydrogen) atoms. The van der Waals surface area contributed by atoms with Crippen molar-refractivity contribution in [3.63, 3.8) is 0 Å². The summed E-state index contributed by atoms with van der Waals surface area (Å²) in [7, 11) is 0. The van der Waals surface area contributed by atoms with Gasteiger partial charge in [-0.15, -0.1) is 6.58 Å². The van der Waals surface area contributed by atoms with Crippen LogP contribution < -0.4 is 0 Å². The Morgan fingerprint density at radius 2 is 2.39 bits per heavy atom. The van der Waals surface area contributed by atoms with Gasteiger partial charge in [0.15, 0.2) is 0 Å². The topological polar surface area (TPSA) is 21.1 Å². The van der Waals surface area contributed by atoms with Crippen molar-refractivity contribution in [1.82, 2.24) is 14.7 Å². The Kier molecular flexibility index (Phi) is 4.59. The first-order chi connectivity index (χ1) is 8.72. The second-order valence-electron chi connectivity index (χ2n) is 5.43. The molecule has 1 aliphatic heterocycles. The normalized spacial score (nSPS) is 20.4. The Hall–Kier alpha value is -1.09. The van der Waals surface area contributed by atoms with Gasteiger partial charge in [0, 0.05) is 24.8 Å². The van der Waals surface area contributed by atoms with Crippen LogP contribution in [0.15, 0.2) is 18.9 Å². The number of allylic oxidation sites excluding steroid dienone is 1. The van der Waals surface area contributed by atoms with Gasteiger partial charge in [-0.05, 0) is 32.2 Å². The van der Waals surface area contributed by atoms with E-state index in [0.717, 1.165) is 24.7 Å². The van der Waals surface area contributed by atoms with Crippen LogP contribution in [0.4, 0.5) is 0 Å². The van der Waals surface area contributed by atoms with Crippen molar-refractivity contribution in [3.8, 4) is 0 Å². The molecular weight excluding hydrogens is 222 g/mol. The van der Waals surface area contributed by atoms with Crippen molar-refractivity contribution in [3.05, 3.63) is 30.1 Å². The molecule has 0 unspecified atom stereocenters. The van der Waals surface area contributed by atoms with Gasteiger partial charge in [-0.3, -0.25) is 9.58 Å². The zero-order valence-corrected chi connectivity index (χ0v) is 11.7. The van der Waals surface area contributed by atoms with Gasteiger partial charge in [-0.2, -0.15) is 5.10 Å². The molecule has 0 bridgehead atoms. The summed E-state index contributed by atoms with van der Waals surface area (Å²) in [6, 6.07) is 0. The summed E-state index contributed by atoms with van der Waals surface area (Å²) in [6.45, 7) is 12.5. The summed E-state index contributed by atoms with van der Waals surface area (Å²) in [5.41, 5.74) is 2.53. The molecule has 0 radical (unpaired) electrons. The molecule has 0 N–H and O–H groups in total. The fourth-order valence-corrected chi connectivity index (χ4v) is 2.88. The highest BCUT2D eigenvalue weighted by Gasteiger charge is 2.22. The molecular formula is C15H25N3. The van der Waals surface area contributed by atoms with E-state index in [1.165, 1.54) is 37.9 Å².